The summed E-state index contributed by atoms with van der Waals surface area (Å²) >= 11 is 1.27. The van der Waals surface area contributed by atoms with Crippen molar-refractivity contribution in [1.29, 1.82) is 0 Å². The predicted octanol–water partition coefficient (Wildman–Crippen LogP) is 2.88. The monoisotopic (exact) mass is 219 g/mol. The summed E-state index contributed by atoms with van der Waals surface area (Å²) < 4.78 is 13.2. The molecule has 0 aliphatic heterocycles. The molecule has 0 bridgehead atoms. The van der Waals surface area contributed by atoms with Gasteiger partial charge in [0.05, 0.1) is 6.20 Å². The van der Waals surface area contributed by atoms with Gasteiger partial charge in [0.1, 0.15) is 5.03 Å². The Labute approximate surface area is 91.6 Å². The summed E-state index contributed by atoms with van der Waals surface area (Å²) in [4.78, 5) is 8.17. The molecule has 0 spiro atoms. The van der Waals surface area contributed by atoms with E-state index in [0.717, 1.165) is 11.1 Å². The molecule has 2 aromatic rings. The third-order valence-electron chi connectivity index (χ3n) is 1.83. The first-order chi connectivity index (χ1) is 7.25. The maximum Gasteiger partial charge on any atom is 0.199 e. The van der Waals surface area contributed by atoms with Crippen LogP contribution in [-0.2, 0) is 0 Å². The van der Waals surface area contributed by atoms with Gasteiger partial charge in [-0.25, -0.2) is 14.4 Å². The fourth-order valence-corrected chi connectivity index (χ4v) is 1.79. The number of nitrogens with zero attached hydrogens (tertiary/aromatic N) is 2. The lowest BCUT2D eigenvalue weighted by molar-refractivity contribution is 0.578. The molecule has 15 heavy (non-hydrogen) atoms. The summed E-state index contributed by atoms with van der Waals surface area (Å²) in [7, 11) is 0. The summed E-state index contributed by atoms with van der Waals surface area (Å²) in [5.74, 6) is -0.417. The van der Waals surface area contributed by atoms with Crippen LogP contribution in [0.25, 0.3) is 0 Å². The van der Waals surface area contributed by atoms with Crippen molar-refractivity contribution in [2.45, 2.75) is 16.8 Å². The number of hydrogen-bond donors (Lipinski definition) is 0. The van der Waals surface area contributed by atoms with E-state index in [1.807, 2.05) is 31.2 Å². The second-order valence-electron chi connectivity index (χ2n) is 3.04. The van der Waals surface area contributed by atoms with Gasteiger partial charge in [-0.3, -0.25) is 0 Å². The number of aromatic nitrogens is 2. The molecule has 4 heteroatoms. The van der Waals surface area contributed by atoms with E-state index in [2.05, 4.69) is 16.3 Å². The molecule has 0 atom stereocenters. The second kappa shape index (κ2) is 4.40. The highest BCUT2D eigenvalue weighted by atomic mass is 32.2. The minimum absolute atomic E-state index is 0.300. The molecule has 0 amide bonds. The number of benzene rings is 1. The van der Waals surface area contributed by atoms with Gasteiger partial charge in [-0.05, 0) is 19.1 Å². The van der Waals surface area contributed by atoms with Crippen LogP contribution < -0.4 is 0 Å². The predicted molar refractivity (Wildman–Crippen MR) is 56.1 cm³/mol. The van der Waals surface area contributed by atoms with Gasteiger partial charge in [0, 0.05) is 4.90 Å². The van der Waals surface area contributed by atoms with Gasteiger partial charge in [-0.15, -0.1) is 0 Å². The van der Waals surface area contributed by atoms with Crippen LogP contribution in [0.3, 0.4) is 0 Å². The summed E-state index contributed by atoms with van der Waals surface area (Å²) in [6, 6.07) is 7.82. The Kier molecular flexibility index (Phi) is 2.97. The topological polar surface area (TPSA) is 25.8 Å². The highest BCUT2D eigenvalue weighted by molar-refractivity contribution is 7.99. The van der Waals surface area contributed by atoms with Crippen LogP contribution >= 0.6 is 11.8 Å². The Morgan fingerprint density at radius 3 is 2.67 bits per heavy atom. The summed E-state index contributed by atoms with van der Waals surface area (Å²) in [6.07, 6.45) is 3.49. The SMILES string of the molecule is Cc1ccc(Sc2n[c]ncc2F)cc1. The van der Waals surface area contributed by atoms with E-state index in [9.17, 15) is 4.39 Å². The van der Waals surface area contributed by atoms with E-state index in [-0.39, 0.29) is 0 Å². The molecule has 1 radical (unpaired) electrons. The van der Waals surface area contributed by atoms with Crippen molar-refractivity contribution in [3.8, 4) is 0 Å². The summed E-state index contributed by atoms with van der Waals surface area (Å²) in [5, 5.41) is 0.300. The lowest BCUT2D eigenvalue weighted by Gasteiger charge is -2.01. The van der Waals surface area contributed by atoms with Gasteiger partial charge in [-0.1, -0.05) is 29.5 Å². The zero-order valence-corrected chi connectivity index (χ0v) is 8.88. The van der Waals surface area contributed by atoms with Crippen molar-refractivity contribution in [2.75, 3.05) is 0 Å². The maximum absolute atomic E-state index is 13.2. The molecule has 0 saturated heterocycles. The Morgan fingerprint density at radius 1 is 1.27 bits per heavy atom. The Bertz CT molecular complexity index is 456. The molecule has 0 N–H and O–H groups in total. The lowest BCUT2D eigenvalue weighted by Crippen LogP contribution is -1.88. The maximum atomic E-state index is 13.2. The van der Waals surface area contributed by atoms with E-state index in [1.165, 1.54) is 17.3 Å². The zero-order valence-electron chi connectivity index (χ0n) is 8.07. The average molecular weight is 219 g/mol. The minimum atomic E-state index is -0.417. The van der Waals surface area contributed by atoms with Gasteiger partial charge in [0.2, 0.25) is 0 Å². The van der Waals surface area contributed by atoms with Crippen molar-refractivity contribution in [1.82, 2.24) is 9.97 Å². The van der Waals surface area contributed by atoms with Crippen LogP contribution in [0.4, 0.5) is 4.39 Å². The number of hydrogen-bond acceptors (Lipinski definition) is 3. The molecular formula is C11H8FN2S. The van der Waals surface area contributed by atoms with Gasteiger partial charge in [0.25, 0.3) is 0 Å². The van der Waals surface area contributed by atoms with Crippen molar-refractivity contribution >= 4 is 11.8 Å². The van der Waals surface area contributed by atoms with E-state index in [0.29, 0.717) is 5.03 Å². The van der Waals surface area contributed by atoms with E-state index < -0.39 is 5.82 Å². The van der Waals surface area contributed by atoms with E-state index in [4.69, 9.17) is 0 Å². The summed E-state index contributed by atoms with van der Waals surface area (Å²) in [6.45, 7) is 2.01. The Hall–Kier alpha value is -1.42. The number of aryl methyl sites for hydroxylation is 1. The highest BCUT2D eigenvalue weighted by Crippen LogP contribution is 2.27. The molecule has 0 aliphatic rings. The minimum Gasteiger partial charge on any atom is -0.231 e. The van der Waals surface area contributed by atoms with Gasteiger partial charge in [0.15, 0.2) is 12.1 Å². The van der Waals surface area contributed by atoms with Crippen LogP contribution in [0.1, 0.15) is 5.56 Å². The fraction of sp³-hybridized carbons (Fsp3) is 0.0909. The Morgan fingerprint density at radius 2 is 2.00 bits per heavy atom. The quantitative estimate of drug-likeness (QED) is 0.726. The van der Waals surface area contributed by atoms with Gasteiger partial charge >= 0.3 is 0 Å². The molecule has 0 saturated carbocycles. The molecule has 0 unspecified atom stereocenters. The Balaban J connectivity index is 2.22. The van der Waals surface area contributed by atoms with Crippen molar-refractivity contribution in [3.05, 3.63) is 48.2 Å². The van der Waals surface area contributed by atoms with Gasteiger partial charge < -0.3 is 0 Å². The molecule has 75 valence electrons. The number of rotatable bonds is 2. The highest BCUT2D eigenvalue weighted by Gasteiger charge is 2.05. The molecule has 1 aromatic carbocycles. The van der Waals surface area contributed by atoms with Crippen molar-refractivity contribution in [2.24, 2.45) is 0 Å². The van der Waals surface area contributed by atoms with E-state index in [1.54, 1.807) is 0 Å². The lowest BCUT2D eigenvalue weighted by atomic mass is 10.2. The number of halogens is 1. The zero-order chi connectivity index (χ0) is 10.7. The normalized spacial score (nSPS) is 10.3. The molecule has 2 nitrogen and oxygen atoms in total. The molecule has 0 fully saturated rings. The van der Waals surface area contributed by atoms with Gasteiger partial charge in [-0.2, -0.15) is 0 Å². The first-order valence-electron chi connectivity index (χ1n) is 4.39. The molecule has 1 heterocycles. The first-order valence-corrected chi connectivity index (χ1v) is 5.20. The largest absolute Gasteiger partial charge is 0.231 e. The van der Waals surface area contributed by atoms with Crippen molar-refractivity contribution in [3.63, 3.8) is 0 Å². The van der Waals surface area contributed by atoms with Crippen LogP contribution in [0.15, 0.2) is 40.4 Å². The molecule has 1 aromatic heterocycles. The standard InChI is InChI=1S/C11H8FN2S/c1-8-2-4-9(5-3-8)15-11-10(12)6-13-7-14-11/h2-6H,1H3. The average Bonchev–Trinajstić information content (AvgIpc) is 2.25. The molecule has 2 rings (SSSR count). The molecular weight excluding hydrogens is 211 g/mol. The third kappa shape index (κ3) is 2.53. The van der Waals surface area contributed by atoms with Crippen LogP contribution in [-0.4, -0.2) is 9.97 Å². The summed E-state index contributed by atoms with van der Waals surface area (Å²) in [5.41, 5.74) is 1.18. The van der Waals surface area contributed by atoms with Crippen LogP contribution in [0.2, 0.25) is 0 Å². The first kappa shape index (κ1) is 10.1. The third-order valence-corrected chi connectivity index (χ3v) is 2.81. The molecule has 0 aliphatic carbocycles. The van der Waals surface area contributed by atoms with Crippen molar-refractivity contribution < 1.29 is 4.39 Å². The van der Waals surface area contributed by atoms with Crippen LogP contribution in [0, 0.1) is 19.1 Å². The second-order valence-corrected chi connectivity index (χ2v) is 4.10. The van der Waals surface area contributed by atoms with E-state index >= 15 is 0 Å². The fourth-order valence-electron chi connectivity index (χ4n) is 1.06. The smallest absolute Gasteiger partial charge is 0.199 e. The van der Waals surface area contributed by atoms with Crippen LogP contribution in [0.5, 0.6) is 0 Å².